The van der Waals surface area contributed by atoms with Crippen molar-refractivity contribution in [2.24, 2.45) is 5.92 Å². The molecule has 2 saturated heterocycles. The van der Waals surface area contributed by atoms with Crippen molar-refractivity contribution < 1.29 is 14.3 Å². The fourth-order valence-corrected chi connectivity index (χ4v) is 4.51. The third-order valence-electron chi connectivity index (χ3n) is 6.16. The second-order valence-electron chi connectivity index (χ2n) is 7.87. The number of para-hydroxylation sites is 1. The number of ether oxygens (including phenoxy) is 1. The van der Waals surface area contributed by atoms with E-state index >= 15 is 0 Å². The molecule has 0 aromatic heterocycles. The minimum Gasteiger partial charge on any atom is -0.496 e. The molecule has 0 aliphatic carbocycles. The number of hydrogen-bond donors (Lipinski definition) is 1. The number of hydrogen-bond acceptors (Lipinski definition) is 4. The van der Waals surface area contributed by atoms with Gasteiger partial charge in [0.25, 0.3) is 0 Å². The van der Waals surface area contributed by atoms with Gasteiger partial charge in [-0.2, -0.15) is 0 Å². The number of likely N-dealkylation sites (tertiary alicyclic amines) is 1. The van der Waals surface area contributed by atoms with Gasteiger partial charge in [0.15, 0.2) is 0 Å². The molecule has 1 N–H and O–H groups in total. The maximum absolute atomic E-state index is 13.5. The average Bonchev–Trinajstić information content (AvgIpc) is 3.26. The number of methoxy groups -OCH3 is 1. The highest BCUT2D eigenvalue weighted by Crippen LogP contribution is 2.41. The van der Waals surface area contributed by atoms with Gasteiger partial charge in [0.05, 0.1) is 19.1 Å². The summed E-state index contributed by atoms with van der Waals surface area (Å²) in [6.07, 6.45) is 3.94. The van der Waals surface area contributed by atoms with Crippen molar-refractivity contribution in [3.05, 3.63) is 29.8 Å². The van der Waals surface area contributed by atoms with E-state index in [1.165, 1.54) is 0 Å². The van der Waals surface area contributed by atoms with Crippen molar-refractivity contribution in [1.29, 1.82) is 0 Å². The van der Waals surface area contributed by atoms with E-state index in [-0.39, 0.29) is 42.2 Å². The van der Waals surface area contributed by atoms with E-state index < -0.39 is 0 Å². The SMILES string of the molecule is CCCCN1C(=O)CCC(C(=O)N(C)C2CCNC2)C1c1ccccc1OC.Cl. The van der Waals surface area contributed by atoms with Gasteiger partial charge < -0.3 is 19.9 Å². The predicted molar refractivity (Wildman–Crippen MR) is 116 cm³/mol. The summed E-state index contributed by atoms with van der Waals surface area (Å²) in [6, 6.07) is 7.76. The Balaban J connectivity index is 0.00000300. The third kappa shape index (κ3) is 5.04. The normalized spacial score (nSPS) is 24.2. The Morgan fingerprint density at radius 1 is 1.31 bits per heavy atom. The fourth-order valence-electron chi connectivity index (χ4n) is 4.51. The molecule has 0 radical (unpaired) electrons. The molecule has 2 aliphatic rings. The zero-order valence-electron chi connectivity index (χ0n) is 17.7. The molecule has 29 heavy (non-hydrogen) atoms. The average molecular weight is 424 g/mol. The highest BCUT2D eigenvalue weighted by Gasteiger charge is 2.43. The summed E-state index contributed by atoms with van der Waals surface area (Å²) in [6.45, 7) is 4.59. The Kier molecular flexibility index (Phi) is 8.78. The maximum atomic E-state index is 13.5. The van der Waals surface area contributed by atoms with Crippen LogP contribution in [0, 0.1) is 5.92 Å². The molecule has 2 amide bonds. The van der Waals surface area contributed by atoms with Crippen molar-refractivity contribution in [3.63, 3.8) is 0 Å². The van der Waals surface area contributed by atoms with Crippen molar-refractivity contribution in [1.82, 2.24) is 15.1 Å². The Hall–Kier alpha value is -1.79. The van der Waals surface area contributed by atoms with Crippen LogP contribution in [0.25, 0.3) is 0 Å². The predicted octanol–water partition coefficient (Wildman–Crippen LogP) is 3.02. The van der Waals surface area contributed by atoms with Crippen LogP contribution in [-0.2, 0) is 9.59 Å². The molecular formula is C22H34ClN3O3. The van der Waals surface area contributed by atoms with Crippen molar-refractivity contribution >= 4 is 24.2 Å². The van der Waals surface area contributed by atoms with Crippen LogP contribution in [0.1, 0.15) is 50.6 Å². The van der Waals surface area contributed by atoms with Crippen LogP contribution >= 0.6 is 12.4 Å². The van der Waals surface area contributed by atoms with Gasteiger partial charge >= 0.3 is 0 Å². The van der Waals surface area contributed by atoms with E-state index in [4.69, 9.17) is 4.74 Å². The molecule has 1 aromatic rings. The molecular weight excluding hydrogens is 390 g/mol. The number of piperidine rings is 1. The zero-order valence-corrected chi connectivity index (χ0v) is 18.5. The first-order chi connectivity index (χ1) is 13.6. The number of carbonyl (C=O) groups is 2. The summed E-state index contributed by atoms with van der Waals surface area (Å²) < 4.78 is 5.60. The first kappa shape index (κ1) is 23.5. The molecule has 2 aliphatic heterocycles. The Morgan fingerprint density at radius 3 is 2.72 bits per heavy atom. The lowest BCUT2D eigenvalue weighted by atomic mass is 9.82. The van der Waals surface area contributed by atoms with Gasteiger partial charge in [-0.15, -0.1) is 12.4 Å². The molecule has 6 nitrogen and oxygen atoms in total. The van der Waals surface area contributed by atoms with E-state index in [0.717, 1.165) is 43.7 Å². The molecule has 3 atom stereocenters. The van der Waals surface area contributed by atoms with Gasteiger partial charge in [-0.1, -0.05) is 31.5 Å². The van der Waals surface area contributed by atoms with Crippen LogP contribution in [0.4, 0.5) is 0 Å². The smallest absolute Gasteiger partial charge is 0.228 e. The van der Waals surface area contributed by atoms with Crippen LogP contribution in [-0.4, -0.2) is 61.4 Å². The van der Waals surface area contributed by atoms with Crippen LogP contribution < -0.4 is 10.1 Å². The Morgan fingerprint density at radius 2 is 2.07 bits per heavy atom. The summed E-state index contributed by atoms with van der Waals surface area (Å²) in [7, 11) is 3.55. The topological polar surface area (TPSA) is 61.9 Å². The van der Waals surface area contributed by atoms with Crippen LogP contribution in [0.2, 0.25) is 0 Å². The number of likely N-dealkylation sites (N-methyl/N-ethyl adjacent to an activating group) is 1. The number of nitrogens with one attached hydrogen (secondary N) is 1. The summed E-state index contributed by atoms with van der Waals surface area (Å²) in [5.74, 6) is 0.778. The highest BCUT2D eigenvalue weighted by molar-refractivity contribution is 5.86. The molecule has 0 saturated carbocycles. The number of halogens is 1. The molecule has 0 bridgehead atoms. The van der Waals surface area contributed by atoms with Crippen LogP contribution in [0.15, 0.2) is 24.3 Å². The molecule has 1 aromatic carbocycles. The molecule has 2 heterocycles. The van der Waals surface area contributed by atoms with E-state index in [1.54, 1.807) is 7.11 Å². The van der Waals surface area contributed by atoms with Crippen LogP contribution in [0.3, 0.4) is 0 Å². The molecule has 2 fully saturated rings. The number of carbonyl (C=O) groups excluding carboxylic acids is 2. The zero-order chi connectivity index (χ0) is 20.1. The van der Waals surface area contributed by atoms with Gasteiger partial charge in [-0.05, 0) is 31.9 Å². The summed E-state index contributed by atoms with van der Waals surface area (Å²) in [5.41, 5.74) is 0.936. The first-order valence-electron chi connectivity index (χ1n) is 10.5. The maximum Gasteiger partial charge on any atom is 0.228 e. The highest BCUT2D eigenvalue weighted by atomic mass is 35.5. The monoisotopic (exact) mass is 423 g/mol. The number of amides is 2. The Labute approximate surface area is 180 Å². The minimum absolute atomic E-state index is 0. The Bertz CT molecular complexity index is 694. The van der Waals surface area contributed by atoms with Crippen LogP contribution in [0.5, 0.6) is 5.75 Å². The van der Waals surface area contributed by atoms with E-state index in [1.807, 2.05) is 41.1 Å². The van der Waals surface area contributed by atoms with E-state index in [9.17, 15) is 9.59 Å². The summed E-state index contributed by atoms with van der Waals surface area (Å²) in [4.78, 5) is 30.2. The van der Waals surface area contributed by atoms with Crippen molar-refractivity contribution in [2.75, 3.05) is 33.8 Å². The first-order valence-corrected chi connectivity index (χ1v) is 10.5. The largest absolute Gasteiger partial charge is 0.496 e. The van der Waals surface area contributed by atoms with E-state index in [2.05, 4.69) is 12.2 Å². The quantitative estimate of drug-likeness (QED) is 0.732. The van der Waals surface area contributed by atoms with Gasteiger partial charge in [0, 0.05) is 38.2 Å². The third-order valence-corrected chi connectivity index (χ3v) is 6.16. The molecule has 3 unspecified atom stereocenters. The molecule has 7 heteroatoms. The fraction of sp³-hybridized carbons (Fsp3) is 0.636. The van der Waals surface area contributed by atoms with Gasteiger partial charge in [0.2, 0.25) is 11.8 Å². The standard InChI is InChI=1S/C22H33N3O3.ClH/c1-4-5-14-25-20(26)11-10-18(22(27)24(2)16-12-13-23-15-16)21(25)17-8-6-7-9-19(17)28-3;/h6-9,16,18,21,23H,4-5,10-15H2,1-3H3;1H. The van der Waals surface area contributed by atoms with E-state index in [0.29, 0.717) is 19.4 Å². The lowest BCUT2D eigenvalue weighted by Crippen LogP contribution is -2.50. The number of rotatable bonds is 7. The lowest BCUT2D eigenvalue weighted by molar-refractivity contribution is -0.148. The number of unbranched alkanes of at least 4 members (excludes halogenated alkanes) is 1. The second-order valence-corrected chi connectivity index (χ2v) is 7.87. The molecule has 3 rings (SSSR count). The summed E-state index contributed by atoms with van der Waals surface area (Å²) >= 11 is 0. The van der Waals surface area contributed by atoms with Gasteiger partial charge in [-0.3, -0.25) is 9.59 Å². The van der Waals surface area contributed by atoms with Crippen molar-refractivity contribution in [2.45, 2.75) is 51.1 Å². The second kappa shape index (κ2) is 10.8. The minimum atomic E-state index is -0.270. The van der Waals surface area contributed by atoms with Crippen molar-refractivity contribution in [3.8, 4) is 5.75 Å². The molecule has 162 valence electrons. The van der Waals surface area contributed by atoms with Gasteiger partial charge in [0.1, 0.15) is 5.75 Å². The summed E-state index contributed by atoms with van der Waals surface area (Å²) in [5, 5.41) is 3.34. The van der Waals surface area contributed by atoms with Gasteiger partial charge in [-0.25, -0.2) is 0 Å². The number of nitrogens with zero attached hydrogens (tertiary/aromatic N) is 2. The molecule has 0 spiro atoms. The lowest BCUT2D eigenvalue weighted by Gasteiger charge is -2.43. The number of benzene rings is 1.